The molecule has 3 rings (SSSR count). The van der Waals surface area contributed by atoms with E-state index in [9.17, 15) is 12.8 Å². The summed E-state index contributed by atoms with van der Waals surface area (Å²) in [5, 5.41) is 3.14. The average Bonchev–Trinajstić information content (AvgIpc) is 2.89. The lowest BCUT2D eigenvalue weighted by molar-refractivity contribution is 0.574. The van der Waals surface area contributed by atoms with Crippen LogP contribution >= 0.6 is 0 Å². The number of fused-ring (bicyclic) bond motifs is 1. The Labute approximate surface area is 122 Å². The van der Waals surface area contributed by atoms with Crippen molar-refractivity contribution in [3.05, 3.63) is 54.0 Å². The lowest BCUT2D eigenvalue weighted by atomic mass is 10.0. The van der Waals surface area contributed by atoms with Crippen LogP contribution in [0.2, 0.25) is 0 Å². The Bertz CT molecular complexity index is 747. The van der Waals surface area contributed by atoms with Crippen LogP contribution in [0.4, 0.5) is 10.2 Å². The molecule has 0 amide bonds. The zero-order valence-corrected chi connectivity index (χ0v) is 11.9. The summed E-state index contributed by atoms with van der Waals surface area (Å²) < 4.78 is 39.7. The van der Waals surface area contributed by atoms with Crippen LogP contribution in [0, 0.1) is 5.82 Å². The van der Waals surface area contributed by atoms with Crippen molar-refractivity contribution in [2.75, 3.05) is 18.4 Å². The van der Waals surface area contributed by atoms with Crippen molar-refractivity contribution < 1.29 is 12.8 Å². The molecule has 5 nitrogen and oxygen atoms in total. The minimum atomic E-state index is -3.63. The molecule has 0 aliphatic carbocycles. The van der Waals surface area contributed by atoms with E-state index < -0.39 is 15.8 Å². The second-order valence-corrected chi connectivity index (χ2v) is 6.59. The summed E-state index contributed by atoms with van der Waals surface area (Å²) in [6.45, 7) is 0.906. The number of rotatable bonds is 4. The lowest BCUT2D eigenvalue weighted by Gasteiger charge is -2.12. The summed E-state index contributed by atoms with van der Waals surface area (Å²) in [4.78, 5) is 4.25. The summed E-state index contributed by atoms with van der Waals surface area (Å²) in [7, 11) is -3.63. The van der Waals surface area contributed by atoms with Crippen LogP contribution in [0.1, 0.15) is 11.5 Å². The fraction of sp³-hybridized carbons (Fsp3) is 0.214. The van der Waals surface area contributed by atoms with Crippen molar-refractivity contribution in [2.45, 2.75) is 10.8 Å². The maximum Gasteiger partial charge on any atom is 0.240 e. The van der Waals surface area contributed by atoms with Gasteiger partial charge in [-0.15, -0.1) is 0 Å². The van der Waals surface area contributed by atoms with Gasteiger partial charge in [0.1, 0.15) is 11.6 Å². The first-order valence-electron chi connectivity index (χ1n) is 6.50. The molecule has 0 saturated heterocycles. The average molecular weight is 307 g/mol. The van der Waals surface area contributed by atoms with Crippen molar-refractivity contribution >= 4 is 15.8 Å². The molecule has 1 unspecified atom stereocenters. The van der Waals surface area contributed by atoms with Crippen molar-refractivity contribution in [3.63, 3.8) is 0 Å². The number of anilines is 1. The second-order valence-electron chi connectivity index (χ2n) is 4.82. The predicted molar refractivity (Wildman–Crippen MR) is 77.1 cm³/mol. The summed E-state index contributed by atoms with van der Waals surface area (Å²) in [6.07, 6.45) is 1.69. The quantitative estimate of drug-likeness (QED) is 0.902. The van der Waals surface area contributed by atoms with E-state index in [4.69, 9.17) is 0 Å². The van der Waals surface area contributed by atoms with E-state index in [1.165, 1.54) is 12.1 Å². The Morgan fingerprint density at radius 1 is 1.29 bits per heavy atom. The molecular formula is C14H14FN3O2S. The smallest absolute Gasteiger partial charge is 0.240 e. The van der Waals surface area contributed by atoms with Gasteiger partial charge in [-0.05, 0) is 30.3 Å². The van der Waals surface area contributed by atoms with E-state index in [1.54, 1.807) is 6.20 Å². The number of sulfonamides is 1. The number of aromatic nitrogens is 1. The largest absolute Gasteiger partial charge is 0.369 e. The molecule has 2 N–H and O–H groups in total. The fourth-order valence-electron chi connectivity index (χ4n) is 2.31. The van der Waals surface area contributed by atoms with Gasteiger partial charge >= 0.3 is 0 Å². The summed E-state index contributed by atoms with van der Waals surface area (Å²) >= 11 is 0. The van der Waals surface area contributed by atoms with Gasteiger partial charge in [-0.3, -0.25) is 0 Å². The van der Waals surface area contributed by atoms with E-state index in [0.717, 1.165) is 23.5 Å². The zero-order chi connectivity index (χ0) is 14.9. The molecule has 1 atom stereocenters. The summed E-state index contributed by atoms with van der Waals surface area (Å²) in [5.74, 6) is 0.362. The van der Waals surface area contributed by atoms with E-state index in [-0.39, 0.29) is 17.4 Å². The topological polar surface area (TPSA) is 71.1 Å². The Balaban J connectivity index is 1.72. The number of halogens is 1. The molecule has 7 heteroatoms. The molecule has 1 aromatic heterocycles. The van der Waals surface area contributed by atoms with Crippen molar-refractivity contribution in [2.24, 2.45) is 0 Å². The SMILES string of the molecule is O=S(=O)(NCC1CNc2ncccc21)c1ccc(F)cc1. The normalized spacial score (nSPS) is 17.3. The van der Waals surface area contributed by atoms with E-state index in [0.29, 0.717) is 6.54 Å². The van der Waals surface area contributed by atoms with Gasteiger partial charge in [-0.25, -0.2) is 22.5 Å². The van der Waals surface area contributed by atoms with Crippen LogP contribution in [0.15, 0.2) is 47.5 Å². The highest BCUT2D eigenvalue weighted by atomic mass is 32.2. The van der Waals surface area contributed by atoms with Gasteiger partial charge in [0.25, 0.3) is 0 Å². The predicted octanol–water partition coefficient (Wildman–Crippen LogP) is 1.71. The minimum absolute atomic E-state index is 0.0314. The maximum absolute atomic E-state index is 12.8. The highest BCUT2D eigenvalue weighted by Crippen LogP contribution is 2.28. The van der Waals surface area contributed by atoms with Crippen LogP contribution in [0.25, 0.3) is 0 Å². The first kappa shape index (κ1) is 14.0. The first-order valence-corrected chi connectivity index (χ1v) is 7.98. The van der Waals surface area contributed by atoms with Crippen LogP contribution in [0.3, 0.4) is 0 Å². The molecule has 21 heavy (non-hydrogen) atoms. The molecule has 1 aliphatic heterocycles. The molecule has 0 spiro atoms. The van der Waals surface area contributed by atoms with Crippen molar-refractivity contribution in [1.29, 1.82) is 0 Å². The molecule has 0 radical (unpaired) electrons. The van der Waals surface area contributed by atoms with Gasteiger partial charge < -0.3 is 5.32 Å². The van der Waals surface area contributed by atoms with Gasteiger partial charge in [0.05, 0.1) is 4.90 Å². The highest BCUT2D eigenvalue weighted by Gasteiger charge is 2.24. The zero-order valence-electron chi connectivity index (χ0n) is 11.1. The number of nitrogens with one attached hydrogen (secondary N) is 2. The number of benzene rings is 1. The van der Waals surface area contributed by atoms with E-state index in [2.05, 4.69) is 15.0 Å². The minimum Gasteiger partial charge on any atom is -0.369 e. The maximum atomic E-state index is 12.8. The van der Waals surface area contributed by atoms with Crippen LogP contribution in [-0.2, 0) is 10.0 Å². The molecule has 1 aliphatic rings. The molecular weight excluding hydrogens is 293 g/mol. The molecule has 2 heterocycles. The highest BCUT2D eigenvalue weighted by molar-refractivity contribution is 7.89. The van der Waals surface area contributed by atoms with Crippen LogP contribution in [-0.4, -0.2) is 26.5 Å². The van der Waals surface area contributed by atoms with Gasteiger partial charge in [0.2, 0.25) is 10.0 Å². The summed E-state index contributed by atoms with van der Waals surface area (Å²) in [6, 6.07) is 8.52. The molecule has 1 aromatic carbocycles. The molecule has 2 aromatic rings. The Morgan fingerprint density at radius 3 is 2.81 bits per heavy atom. The third-order valence-electron chi connectivity index (χ3n) is 3.44. The van der Waals surface area contributed by atoms with Gasteiger partial charge in [0.15, 0.2) is 0 Å². The molecule has 0 saturated carbocycles. The number of pyridine rings is 1. The van der Waals surface area contributed by atoms with E-state index in [1.807, 2.05) is 12.1 Å². The number of hydrogen-bond donors (Lipinski definition) is 2. The number of nitrogens with zero attached hydrogens (tertiary/aromatic N) is 1. The Kier molecular flexibility index (Phi) is 3.60. The third kappa shape index (κ3) is 2.88. The van der Waals surface area contributed by atoms with Crippen molar-refractivity contribution in [3.8, 4) is 0 Å². The van der Waals surface area contributed by atoms with Gasteiger partial charge in [0, 0.05) is 30.8 Å². The lowest BCUT2D eigenvalue weighted by Crippen LogP contribution is -2.29. The first-order chi connectivity index (χ1) is 10.1. The number of hydrogen-bond acceptors (Lipinski definition) is 4. The van der Waals surface area contributed by atoms with Gasteiger partial charge in [-0.1, -0.05) is 6.07 Å². The molecule has 110 valence electrons. The summed E-state index contributed by atoms with van der Waals surface area (Å²) in [5.41, 5.74) is 0.999. The Morgan fingerprint density at radius 2 is 2.05 bits per heavy atom. The van der Waals surface area contributed by atoms with Crippen molar-refractivity contribution in [1.82, 2.24) is 9.71 Å². The van der Waals surface area contributed by atoms with E-state index >= 15 is 0 Å². The third-order valence-corrected chi connectivity index (χ3v) is 4.88. The monoisotopic (exact) mass is 307 g/mol. The standard InChI is InChI=1S/C14H14FN3O2S/c15-11-3-5-12(6-4-11)21(19,20)18-9-10-8-17-14-13(10)2-1-7-16-14/h1-7,10,18H,8-9H2,(H,16,17). The molecule has 0 bridgehead atoms. The van der Waals surface area contributed by atoms with Gasteiger partial charge in [-0.2, -0.15) is 0 Å². The van der Waals surface area contributed by atoms with Crippen LogP contribution < -0.4 is 10.0 Å². The second kappa shape index (κ2) is 5.42. The van der Waals surface area contributed by atoms with Crippen LogP contribution in [0.5, 0.6) is 0 Å². The Hall–Kier alpha value is -1.99. The molecule has 0 fully saturated rings. The fourth-order valence-corrected chi connectivity index (χ4v) is 3.40.